The Morgan fingerprint density at radius 3 is 1.21 bits per heavy atom. The minimum atomic E-state index is -0.815. The molecule has 0 bridgehead atoms. The van der Waals surface area contributed by atoms with Crippen LogP contribution < -0.4 is 36.7 Å². The second kappa shape index (κ2) is 11.7. The predicted molar refractivity (Wildman–Crippen MR) is 211 cm³/mol. The first-order valence-electron chi connectivity index (χ1n) is 16.6. The highest BCUT2D eigenvalue weighted by atomic mass is 31.1. The molecule has 1 nitrogen and oxygen atoms in total. The summed E-state index contributed by atoms with van der Waals surface area (Å²) in [5, 5.41) is 8.65. The number of anilines is 3. The van der Waals surface area contributed by atoms with E-state index in [1.54, 1.807) is 0 Å². The largest absolute Gasteiger partial charge is 0.308 e. The highest BCUT2D eigenvalue weighted by Crippen LogP contribution is 2.56. The standard InChI is InChI=1S/C45H35NP2/c1-30-26-43-45-44(27-30)48(40-21-13-11-15-32(40)3)42-29-36(34-18-8-5-9-19-34)23-25-38(42)46(45)37-24-22-35(33-16-6-4-7-17-33)28-41(37)47(43)39-20-12-10-14-31(39)2/h4-29H,1-3H3. The number of benzene rings is 7. The van der Waals surface area contributed by atoms with Gasteiger partial charge in [0, 0.05) is 21.2 Å². The van der Waals surface area contributed by atoms with E-state index >= 15 is 0 Å². The zero-order chi connectivity index (χ0) is 32.4. The zero-order valence-electron chi connectivity index (χ0n) is 27.4. The first kappa shape index (κ1) is 29.3. The van der Waals surface area contributed by atoms with Crippen molar-refractivity contribution < 1.29 is 0 Å². The van der Waals surface area contributed by atoms with Gasteiger partial charge in [-0.15, -0.1) is 0 Å². The third kappa shape index (κ3) is 4.69. The molecule has 0 aliphatic carbocycles. The quantitative estimate of drug-likeness (QED) is 0.171. The number of hydrogen-bond donors (Lipinski definition) is 0. The van der Waals surface area contributed by atoms with Gasteiger partial charge >= 0.3 is 0 Å². The van der Waals surface area contributed by atoms with E-state index in [-0.39, 0.29) is 0 Å². The van der Waals surface area contributed by atoms with Gasteiger partial charge in [0.25, 0.3) is 0 Å². The predicted octanol–water partition coefficient (Wildman–Crippen LogP) is 9.56. The molecule has 0 saturated heterocycles. The van der Waals surface area contributed by atoms with Gasteiger partial charge in [0.2, 0.25) is 0 Å². The molecule has 0 radical (unpaired) electrons. The summed E-state index contributed by atoms with van der Waals surface area (Å²) in [7, 11) is -1.63. The summed E-state index contributed by atoms with van der Waals surface area (Å²) in [5.74, 6) is 0. The lowest BCUT2D eigenvalue weighted by molar-refractivity contribution is 1.30. The van der Waals surface area contributed by atoms with Gasteiger partial charge in [-0.3, -0.25) is 0 Å². The van der Waals surface area contributed by atoms with Crippen molar-refractivity contribution in [3.8, 4) is 22.3 Å². The molecular formula is C45H35NP2. The smallest absolute Gasteiger partial charge is 0.0629 e. The Hall–Kier alpha value is -4.80. The molecule has 0 aromatic heterocycles. The van der Waals surface area contributed by atoms with Crippen molar-refractivity contribution in [1.82, 2.24) is 0 Å². The molecule has 0 N–H and O–H groups in total. The molecule has 0 amide bonds. The lowest BCUT2D eigenvalue weighted by Gasteiger charge is -2.45. The van der Waals surface area contributed by atoms with Crippen LogP contribution >= 0.6 is 15.8 Å². The van der Waals surface area contributed by atoms with Crippen LogP contribution in [-0.2, 0) is 0 Å². The maximum absolute atomic E-state index is 2.62. The molecule has 0 spiro atoms. The lowest BCUT2D eigenvalue weighted by Crippen LogP contribution is -2.44. The van der Waals surface area contributed by atoms with Crippen LogP contribution in [0.4, 0.5) is 17.1 Å². The normalized spacial score (nSPS) is 15.8. The van der Waals surface area contributed by atoms with E-state index in [0.29, 0.717) is 0 Å². The monoisotopic (exact) mass is 651 g/mol. The molecule has 2 unspecified atom stereocenters. The summed E-state index contributed by atoms with van der Waals surface area (Å²) in [6, 6.07) is 59.2. The summed E-state index contributed by atoms with van der Waals surface area (Å²) in [6.07, 6.45) is 0. The minimum Gasteiger partial charge on any atom is -0.308 e. The number of fused-ring (bicyclic) bond motifs is 4. The van der Waals surface area contributed by atoms with E-state index in [4.69, 9.17) is 0 Å². The van der Waals surface area contributed by atoms with Gasteiger partial charge < -0.3 is 4.90 Å². The van der Waals surface area contributed by atoms with Crippen molar-refractivity contribution in [3.05, 3.63) is 174 Å². The van der Waals surface area contributed by atoms with Crippen molar-refractivity contribution in [2.45, 2.75) is 20.8 Å². The zero-order valence-corrected chi connectivity index (χ0v) is 29.1. The van der Waals surface area contributed by atoms with Crippen molar-refractivity contribution >= 4 is 64.7 Å². The summed E-state index contributed by atoms with van der Waals surface area (Å²) in [4.78, 5) is 2.62. The van der Waals surface area contributed by atoms with Crippen LogP contribution in [0.1, 0.15) is 16.7 Å². The lowest BCUT2D eigenvalue weighted by atomic mass is 10.0. The molecule has 9 rings (SSSR count). The van der Waals surface area contributed by atoms with Crippen LogP contribution in [-0.4, -0.2) is 0 Å². The van der Waals surface area contributed by atoms with E-state index in [0.717, 1.165) is 0 Å². The second-order valence-electron chi connectivity index (χ2n) is 12.9. The topological polar surface area (TPSA) is 3.24 Å². The highest BCUT2D eigenvalue weighted by Gasteiger charge is 2.41. The third-order valence-electron chi connectivity index (χ3n) is 9.76. The molecular weight excluding hydrogens is 616 g/mol. The number of hydrogen-bond acceptors (Lipinski definition) is 1. The maximum Gasteiger partial charge on any atom is 0.0629 e. The minimum absolute atomic E-state index is 0.815. The Morgan fingerprint density at radius 1 is 0.354 bits per heavy atom. The average molecular weight is 652 g/mol. The number of aryl methyl sites for hydroxylation is 3. The van der Waals surface area contributed by atoms with E-state index in [1.807, 2.05) is 0 Å². The van der Waals surface area contributed by atoms with Crippen molar-refractivity contribution in [1.29, 1.82) is 0 Å². The third-order valence-corrected chi connectivity index (χ3v) is 15.1. The van der Waals surface area contributed by atoms with Crippen molar-refractivity contribution in [2.75, 3.05) is 4.90 Å². The van der Waals surface area contributed by atoms with Gasteiger partial charge in [0.15, 0.2) is 0 Å². The van der Waals surface area contributed by atoms with Gasteiger partial charge in [-0.25, -0.2) is 0 Å². The summed E-state index contributed by atoms with van der Waals surface area (Å²) >= 11 is 0. The van der Waals surface area contributed by atoms with E-state index in [9.17, 15) is 0 Å². The van der Waals surface area contributed by atoms with Crippen LogP contribution in [0.25, 0.3) is 22.3 Å². The molecule has 3 heteroatoms. The molecule has 2 heterocycles. The van der Waals surface area contributed by atoms with Crippen LogP contribution in [0.5, 0.6) is 0 Å². The van der Waals surface area contributed by atoms with Crippen LogP contribution in [0, 0.1) is 20.8 Å². The Balaban J connectivity index is 1.38. The average Bonchev–Trinajstić information content (AvgIpc) is 3.12. The van der Waals surface area contributed by atoms with E-state index in [2.05, 4.69) is 183 Å². The van der Waals surface area contributed by atoms with Crippen molar-refractivity contribution in [2.24, 2.45) is 0 Å². The molecule has 230 valence electrons. The SMILES string of the molecule is Cc1cc2c3c(c1)P(c1ccccc1C)c1cc(-c4ccccc4)ccc1N3c1ccc(-c3ccccc3)cc1P2c1ccccc1C. The summed E-state index contributed by atoms with van der Waals surface area (Å²) in [6.45, 7) is 6.87. The highest BCUT2D eigenvalue weighted by molar-refractivity contribution is 7.82. The molecule has 7 aromatic carbocycles. The molecule has 2 atom stereocenters. The number of nitrogens with zero attached hydrogens (tertiary/aromatic N) is 1. The Morgan fingerprint density at radius 2 is 0.771 bits per heavy atom. The fraction of sp³-hybridized carbons (Fsp3) is 0.0667. The number of rotatable bonds is 4. The second-order valence-corrected chi connectivity index (χ2v) is 17.1. The van der Waals surface area contributed by atoms with Crippen LogP contribution in [0.3, 0.4) is 0 Å². The summed E-state index contributed by atoms with van der Waals surface area (Å²) < 4.78 is 0. The Bertz CT molecular complexity index is 2180. The van der Waals surface area contributed by atoms with Gasteiger partial charge in [-0.05, 0) is 123 Å². The Labute approximate surface area is 286 Å². The van der Waals surface area contributed by atoms with E-state index < -0.39 is 15.8 Å². The first-order valence-corrected chi connectivity index (χ1v) is 19.3. The molecule has 48 heavy (non-hydrogen) atoms. The van der Waals surface area contributed by atoms with E-state index in [1.165, 1.54) is 87.8 Å². The van der Waals surface area contributed by atoms with Crippen LogP contribution in [0.15, 0.2) is 158 Å². The van der Waals surface area contributed by atoms with Crippen molar-refractivity contribution in [3.63, 3.8) is 0 Å². The van der Waals surface area contributed by atoms with Gasteiger partial charge in [-0.2, -0.15) is 0 Å². The fourth-order valence-electron chi connectivity index (χ4n) is 7.49. The van der Waals surface area contributed by atoms with Gasteiger partial charge in [-0.1, -0.05) is 121 Å². The Kier molecular flexibility index (Phi) is 7.16. The van der Waals surface area contributed by atoms with Gasteiger partial charge in [0.05, 0.1) is 17.1 Å². The molecule has 7 aromatic rings. The van der Waals surface area contributed by atoms with Gasteiger partial charge in [0.1, 0.15) is 0 Å². The molecule has 2 aliphatic heterocycles. The molecule has 0 fully saturated rings. The first-order chi connectivity index (χ1) is 23.6. The fourth-order valence-corrected chi connectivity index (χ4v) is 13.3. The maximum atomic E-state index is 2.62. The molecule has 0 saturated carbocycles. The molecule has 2 aliphatic rings. The van der Waals surface area contributed by atoms with Crippen LogP contribution in [0.2, 0.25) is 0 Å². The summed E-state index contributed by atoms with van der Waals surface area (Å²) in [5.41, 5.74) is 13.1.